The second kappa shape index (κ2) is 8.77. The van der Waals surface area contributed by atoms with Crippen LogP contribution in [0.1, 0.15) is 41.4 Å². The van der Waals surface area contributed by atoms with Crippen molar-refractivity contribution in [1.82, 2.24) is 9.88 Å². The number of nitrogens with zero attached hydrogens (tertiary/aromatic N) is 3. The molecule has 33 heavy (non-hydrogen) atoms. The molecule has 0 unspecified atom stereocenters. The lowest BCUT2D eigenvalue weighted by Crippen LogP contribution is -2.57. The number of hydrogen-bond acceptors (Lipinski definition) is 7. The number of methoxy groups -OCH3 is 1. The summed E-state index contributed by atoms with van der Waals surface area (Å²) < 4.78 is 10.9. The highest BCUT2D eigenvalue weighted by Crippen LogP contribution is 2.35. The Morgan fingerprint density at radius 3 is 2.94 bits per heavy atom. The molecule has 8 heteroatoms. The minimum Gasteiger partial charge on any atom is -0.493 e. The molecule has 1 saturated heterocycles. The molecule has 0 aliphatic carbocycles. The van der Waals surface area contributed by atoms with E-state index in [1.165, 1.54) is 12.7 Å². The van der Waals surface area contributed by atoms with Gasteiger partial charge in [0.15, 0.2) is 0 Å². The molecule has 1 fully saturated rings. The van der Waals surface area contributed by atoms with Gasteiger partial charge in [-0.05, 0) is 30.7 Å². The summed E-state index contributed by atoms with van der Waals surface area (Å²) in [5, 5.41) is 3.50. The van der Waals surface area contributed by atoms with Gasteiger partial charge in [-0.3, -0.25) is 4.79 Å². The predicted octanol–water partition coefficient (Wildman–Crippen LogP) is 3.09. The maximum Gasteiger partial charge on any atom is 0.356 e. The molecule has 0 spiro atoms. The maximum atomic E-state index is 13.2. The summed E-state index contributed by atoms with van der Waals surface area (Å²) >= 11 is 0. The van der Waals surface area contributed by atoms with Gasteiger partial charge in [-0.2, -0.15) is 0 Å². The lowest BCUT2D eigenvalue weighted by atomic mass is 9.98. The van der Waals surface area contributed by atoms with Crippen LogP contribution in [0.15, 0.2) is 36.0 Å². The van der Waals surface area contributed by atoms with Crippen molar-refractivity contribution in [2.24, 2.45) is 0 Å². The van der Waals surface area contributed by atoms with Crippen molar-refractivity contribution in [2.45, 2.75) is 32.4 Å². The zero-order valence-electron chi connectivity index (χ0n) is 19.0. The zero-order valence-corrected chi connectivity index (χ0v) is 19.0. The maximum absolute atomic E-state index is 13.2. The summed E-state index contributed by atoms with van der Waals surface area (Å²) in [5.74, 6) is 0.465. The summed E-state index contributed by atoms with van der Waals surface area (Å²) in [6.07, 6.45) is 5.63. The van der Waals surface area contributed by atoms with Crippen molar-refractivity contribution in [3.8, 4) is 5.75 Å². The van der Waals surface area contributed by atoms with Gasteiger partial charge in [-0.25, -0.2) is 9.78 Å². The summed E-state index contributed by atoms with van der Waals surface area (Å²) in [7, 11) is 1.33. The third kappa shape index (κ3) is 4.13. The minimum atomic E-state index is -0.476. The van der Waals surface area contributed by atoms with Gasteiger partial charge in [-0.15, -0.1) is 0 Å². The normalized spacial score (nSPS) is 19.6. The second-order valence-electron chi connectivity index (χ2n) is 8.64. The summed E-state index contributed by atoms with van der Waals surface area (Å²) in [6.45, 7) is 5.06. The molecule has 0 saturated carbocycles. The zero-order chi connectivity index (χ0) is 22.9. The van der Waals surface area contributed by atoms with Crippen LogP contribution in [0.5, 0.6) is 5.75 Å². The Morgan fingerprint density at radius 1 is 1.30 bits per heavy atom. The number of aromatic nitrogens is 1. The van der Waals surface area contributed by atoms with Gasteiger partial charge >= 0.3 is 5.97 Å². The van der Waals surface area contributed by atoms with Crippen LogP contribution in [0.3, 0.4) is 0 Å². The van der Waals surface area contributed by atoms with Crippen molar-refractivity contribution in [3.05, 3.63) is 52.9 Å². The minimum absolute atomic E-state index is 0.0373. The van der Waals surface area contributed by atoms with E-state index in [1.807, 2.05) is 15.9 Å². The average molecular weight is 449 g/mol. The number of nitrogens with one attached hydrogen (secondary N) is 1. The lowest BCUT2D eigenvalue weighted by Gasteiger charge is -2.43. The van der Waals surface area contributed by atoms with E-state index in [0.717, 1.165) is 47.6 Å². The number of hydrogen-bond donors (Lipinski definition) is 1. The number of benzene rings is 1. The molecule has 1 N–H and O–H groups in total. The van der Waals surface area contributed by atoms with Crippen molar-refractivity contribution >= 4 is 29.3 Å². The molecule has 1 amide bonds. The van der Waals surface area contributed by atoms with Crippen LogP contribution < -0.4 is 15.0 Å². The standard InChI is InChI=1S/C25H28N4O4/c1-3-16-8-17-10-23-18(9-22(17)26-11-16)13-29-20(6-7-33-23)14-28(15-24(29)30)19-4-5-21(27-12-19)25(31)32-2/h4-5,8-10,12,20,26H,3,6-7,11,13-15H2,1-2H3/t20-/m1/s1. The highest BCUT2D eigenvalue weighted by Gasteiger charge is 2.34. The molecule has 0 radical (unpaired) electrons. The molecule has 4 heterocycles. The molecule has 1 aromatic carbocycles. The van der Waals surface area contributed by atoms with Gasteiger partial charge in [0.05, 0.1) is 38.2 Å². The van der Waals surface area contributed by atoms with E-state index in [0.29, 0.717) is 19.7 Å². The topological polar surface area (TPSA) is 84.0 Å². The number of rotatable bonds is 3. The van der Waals surface area contributed by atoms with Gasteiger partial charge in [0.1, 0.15) is 11.4 Å². The van der Waals surface area contributed by atoms with Crippen molar-refractivity contribution in [3.63, 3.8) is 0 Å². The number of esters is 1. The number of anilines is 2. The fraction of sp³-hybridized carbons (Fsp3) is 0.400. The second-order valence-corrected chi connectivity index (χ2v) is 8.64. The van der Waals surface area contributed by atoms with Crippen LogP contribution in [-0.4, -0.2) is 61.2 Å². The Morgan fingerprint density at radius 2 is 2.18 bits per heavy atom. The molecule has 5 rings (SSSR count). The van der Waals surface area contributed by atoms with E-state index in [9.17, 15) is 9.59 Å². The highest BCUT2D eigenvalue weighted by molar-refractivity contribution is 5.88. The fourth-order valence-electron chi connectivity index (χ4n) is 4.70. The van der Waals surface area contributed by atoms with E-state index in [2.05, 4.69) is 35.4 Å². The Hall–Kier alpha value is -3.55. The SMILES string of the molecule is CCC1=Cc2cc3c(cc2NC1)CN1C(=O)CN(c2ccc(C(=O)OC)nc2)C[C@H]1CCO3. The third-order valence-corrected chi connectivity index (χ3v) is 6.63. The Labute approximate surface area is 193 Å². The molecule has 2 aromatic rings. The van der Waals surface area contributed by atoms with Crippen LogP contribution in [-0.2, 0) is 16.1 Å². The van der Waals surface area contributed by atoms with Crippen molar-refractivity contribution in [2.75, 3.05) is 43.6 Å². The predicted molar refractivity (Wildman–Crippen MR) is 125 cm³/mol. The first-order valence-electron chi connectivity index (χ1n) is 11.4. The van der Waals surface area contributed by atoms with E-state index >= 15 is 0 Å². The Kier molecular flexibility index (Phi) is 5.66. The van der Waals surface area contributed by atoms with Gasteiger partial charge in [0.2, 0.25) is 5.91 Å². The molecule has 1 aromatic heterocycles. The van der Waals surface area contributed by atoms with Crippen molar-refractivity contribution in [1.29, 1.82) is 0 Å². The van der Waals surface area contributed by atoms with Gasteiger partial charge in [0, 0.05) is 42.9 Å². The number of piperazine rings is 1. The molecular weight excluding hydrogens is 420 g/mol. The molecule has 3 aliphatic heterocycles. The summed E-state index contributed by atoms with van der Waals surface area (Å²) in [4.78, 5) is 33.0. The monoisotopic (exact) mass is 448 g/mol. The average Bonchev–Trinajstić information content (AvgIpc) is 2.83. The van der Waals surface area contributed by atoms with E-state index < -0.39 is 5.97 Å². The molecule has 8 nitrogen and oxygen atoms in total. The summed E-state index contributed by atoms with van der Waals surface area (Å²) in [6, 6.07) is 7.71. The van der Waals surface area contributed by atoms with Crippen molar-refractivity contribution < 1.29 is 19.1 Å². The molecular formula is C25H28N4O4. The molecule has 3 aliphatic rings. The first-order valence-corrected chi connectivity index (χ1v) is 11.4. The first kappa shape index (κ1) is 21.3. The van der Waals surface area contributed by atoms with Crippen LogP contribution >= 0.6 is 0 Å². The summed E-state index contributed by atoms with van der Waals surface area (Å²) in [5.41, 5.74) is 5.71. The Bertz CT molecular complexity index is 1110. The smallest absolute Gasteiger partial charge is 0.356 e. The van der Waals surface area contributed by atoms with E-state index in [1.54, 1.807) is 12.3 Å². The molecule has 0 bridgehead atoms. The van der Waals surface area contributed by atoms with Crippen LogP contribution in [0.2, 0.25) is 0 Å². The number of ether oxygens (including phenoxy) is 2. The lowest BCUT2D eigenvalue weighted by molar-refractivity contribution is -0.135. The van der Waals surface area contributed by atoms with E-state index in [4.69, 9.17) is 9.47 Å². The fourth-order valence-corrected chi connectivity index (χ4v) is 4.70. The van der Waals surface area contributed by atoms with E-state index in [-0.39, 0.29) is 24.2 Å². The number of pyridine rings is 1. The number of amides is 1. The molecule has 172 valence electrons. The van der Waals surface area contributed by atoms with Gasteiger partial charge in [-0.1, -0.05) is 18.6 Å². The third-order valence-electron chi connectivity index (χ3n) is 6.63. The van der Waals surface area contributed by atoms with Crippen LogP contribution in [0.25, 0.3) is 6.08 Å². The van der Waals surface area contributed by atoms with Gasteiger partial charge in [0.25, 0.3) is 0 Å². The largest absolute Gasteiger partial charge is 0.493 e. The van der Waals surface area contributed by atoms with Crippen LogP contribution in [0.4, 0.5) is 11.4 Å². The molecule has 1 atom stereocenters. The quantitative estimate of drug-likeness (QED) is 0.723. The Balaban J connectivity index is 1.36. The highest BCUT2D eigenvalue weighted by atomic mass is 16.5. The van der Waals surface area contributed by atoms with Crippen LogP contribution in [0, 0.1) is 0 Å². The van der Waals surface area contributed by atoms with Gasteiger partial charge < -0.3 is 24.6 Å². The number of fused-ring (bicyclic) bond motifs is 3. The number of carbonyl (C=O) groups excluding carboxylic acids is 2. The number of carbonyl (C=O) groups is 2. The first-order chi connectivity index (χ1) is 16.1.